The van der Waals surface area contributed by atoms with Gasteiger partial charge in [0.15, 0.2) is 0 Å². The molecule has 0 amide bonds. The van der Waals surface area contributed by atoms with Gasteiger partial charge in [-0.15, -0.1) is 6.58 Å². The average molecular weight is 386 g/mol. The van der Waals surface area contributed by atoms with Crippen molar-refractivity contribution < 1.29 is 0 Å². The van der Waals surface area contributed by atoms with Gasteiger partial charge in [-0.05, 0) is 55.2 Å². The first-order valence-corrected chi connectivity index (χ1v) is 11.0. The summed E-state index contributed by atoms with van der Waals surface area (Å²) in [5, 5.41) is 0. The number of likely N-dealkylation sites (tertiary alicyclic amines) is 1. The van der Waals surface area contributed by atoms with Crippen LogP contribution >= 0.6 is 0 Å². The van der Waals surface area contributed by atoms with Crippen molar-refractivity contribution in [2.24, 2.45) is 11.8 Å². The van der Waals surface area contributed by atoms with Crippen LogP contribution < -0.4 is 0 Å². The molecule has 3 aromatic rings. The fourth-order valence-corrected chi connectivity index (χ4v) is 6.29. The lowest BCUT2D eigenvalue weighted by Crippen LogP contribution is -2.57. The van der Waals surface area contributed by atoms with E-state index in [0.29, 0.717) is 11.8 Å². The highest BCUT2D eigenvalue weighted by molar-refractivity contribution is 5.80. The van der Waals surface area contributed by atoms with Crippen molar-refractivity contribution in [1.82, 2.24) is 14.9 Å². The Hall–Kier alpha value is -2.39. The number of hydrogen-bond donors (Lipinski definition) is 1. The third kappa shape index (κ3) is 3.12. The molecule has 1 saturated heterocycles. The monoisotopic (exact) mass is 385 g/mol. The van der Waals surface area contributed by atoms with Crippen LogP contribution in [-0.4, -0.2) is 28.0 Å². The van der Waals surface area contributed by atoms with Crippen LogP contribution in [0.1, 0.15) is 42.6 Å². The number of allylic oxidation sites excluding steroid dienone is 1. The summed E-state index contributed by atoms with van der Waals surface area (Å²) in [4.78, 5) is 11.1. The van der Waals surface area contributed by atoms with Crippen LogP contribution in [0.15, 0.2) is 61.2 Å². The molecular formula is C26H31N3. The highest BCUT2D eigenvalue weighted by atomic mass is 15.1. The molecular weight excluding hydrogens is 354 g/mol. The third-order valence-corrected chi connectivity index (χ3v) is 7.38. The number of aromatic nitrogens is 2. The van der Waals surface area contributed by atoms with Crippen molar-refractivity contribution in [3.63, 3.8) is 0 Å². The average Bonchev–Trinajstić information content (AvgIpc) is 3.09. The molecule has 2 unspecified atom stereocenters. The number of para-hydroxylation sites is 1. The van der Waals surface area contributed by atoms with Crippen LogP contribution in [0.3, 0.4) is 0 Å². The molecule has 1 N–H and O–H groups in total. The van der Waals surface area contributed by atoms with Gasteiger partial charge in [-0.25, -0.2) is 4.98 Å². The highest BCUT2D eigenvalue weighted by Crippen LogP contribution is 2.54. The molecule has 1 aromatic heterocycles. The van der Waals surface area contributed by atoms with Gasteiger partial charge in [-0.1, -0.05) is 55.0 Å². The molecule has 5 rings (SSSR count). The topological polar surface area (TPSA) is 31.9 Å². The Morgan fingerprint density at radius 1 is 1.10 bits per heavy atom. The van der Waals surface area contributed by atoms with Crippen molar-refractivity contribution >= 4 is 11.0 Å². The summed E-state index contributed by atoms with van der Waals surface area (Å²) in [5.74, 6) is 2.31. The summed E-state index contributed by atoms with van der Waals surface area (Å²) in [7, 11) is 0. The standard InChI is InChI=1S/C26H31N3/c1-3-15-26(23-13-8-14-24-25(23)28-19(2)27-24)21-11-7-12-22(26)18-29(17-21)16-20-9-5-4-6-10-20/h3-6,8-10,13-14,21-22H,1,7,11-12,15-18H2,2H3,(H,27,28). The number of nitrogens with one attached hydrogen (secondary N) is 1. The van der Waals surface area contributed by atoms with Gasteiger partial charge in [0.1, 0.15) is 5.82 Å². The molecule has 29 heavy (non-hydrogen) atoms. The molecule has 2 bridgehead atoms. The van der Waals surface area contributed by atoms with Crippen LogP contribution in [0.2, 0.25) is 0 Å². The van der Waals surface area contributed by atoms with Gasteiger partial charge in [0.05, 0.1) is 11.0 Å². The highest BCUT2D eigenvalue weighted by Gasteiger charge is 2.52. The molecule has 0 spiro atoms. The number of imidazole rings is 1. The number of benzene rings is 2. The molecule has 2 aromatic carbocycles. The Balaban J connectivity index is 1.55. The second kappa shape index (κ2) is 7.46. The Kier molecular flexibility index (Phi) is 4.79. The van der Waals surface area contributed by atoms with E-state index in [1.807, 2.05) is 0 Å². The van der Waals surface area contributed by atoms with Crippen molar-refractivity contribution in [3.05, 3.63) is 78.1 Å². The molecule has 2 atom stereocenters. The van der Waals surface area contributed by atoms with Crippen molar-refractivity contribution in [2.75, 3.05) is 13.1 Å². The van der Waals surface area contributed by atoms with Crippen molar-refractivity contribution in [1.29, 1.82) is 0 Å². The molecule has 150 valence electrons. The maximum atomic E-state index is 4.93. The summed E-state index contributed by atoms with van der Waals surface area (Å²) in [6.45, 7) is 9.64. The van der Waals surface area contributed by atoms with E-state index in [2.05, 4.69) is 78.0 Å². The maximum absolute atomic E-state index is 4.93. The lowest BCUT2D eigenvalue weighted by Gasteiger charge is -2.56. The normalized spacial score (nSPS) is 27.2. The number of piperidine rings is 1. The fourth-order valence-electron chi connectivity index (χ4n) is 6.29. The van der Waals surface area contributed by atoms with Gasteiger partial charge in [0.25, 0.3) is 0 Å². The summed E-state index contributed by atoms with van der Waals surface area (Å²) in [5.41, 5.74) is 5.39. The van der Waals surface area contributed by atoms with Crippen molar-refractivity contribution in [2.45, 2.75) is 44.6 Å². The van der Waals surface area contributed by atoms with Crippen LogP contribution in [0.5, 0.6) is 0 Å². The predicted molar refractivity (Wildman–Crippen MR) is 120 cm³/mol. The number of aromatic amines is 1. The number of fused-ring (bicyclic) bond motifs is 3. The minimum atomic E-state index is 0.161. The van der Waals surface area contributed by atoms with Crippen LogP contribution in [0.4, 0.5) is 0 Å². The predicted octanol–water partition coefficient (Wildman–Crippen LogP) is 5.62. The molecule has 2 heterocycles. The van der Waals surface area contributed by atoms with E-state index in [1.54, 1.807) is 0 Å². The summed E-state index contributed by atoms with van der Waals surface area (Å²) in [6.07, 6.45) is 7.16. The van der Waals surface area contributed by atoms with Crippen LogP contribution in [-0.2, 0) is 12.0 Å². The number of hydrogen-bond acceptors (Lipinski definition) is 2. The molecule has 1 aliphatic heterocycles. The summed E-state index contributed by atoms with van der Waals surface area (Å²) < 4.78 is 0. The smallest absolute Gasteiger partial charge is 0.104 e. The molecule has 2 fully saturated rings. The van der Waals surface area contributed by atoms with Gasteiger partial charge >= 0.3 is 0 Å². The van der Waals surface area contributed by atoms with Gasteiger partial charge in [-0.3, -0.25) is 4.90 Å². The Labute approximate surface area is 173 Å². The van der Waals surface area contributed by atoms with Crippen molar-refractivity contribution in [3.8, 4) is 0 Å². The van der Waals surface area contributed by atoms with E-state index in [9.17, 15) is 0 Å². The molecule has 2 aliphatic rings. The lowest BCUT2D eigenvalue weighted by atomic mass is 9.53. The van der Waals surface area contributed by atoms with E-state index in [-0.39, 0.29) is 5.41 Å². The van der Waals surface area contributed by atoms with E-state index in [0.717, 1.165) is 18.8 Å². The first-order chi connectivity index (χ1) is 14.2. The second-order valence-corrected chi connectivity index (χ2v) is 9.06. The molecule has 1 aliphatic carbocycles. The fraction of sp³-hybridized carbons (Fsp3) is 0.423. The SMILES string of the molecule is C=CCC1(c2cccc3[nH]c(C)nc23)C2CCCC1CN(Cc1ccccc1)C2. The van der Waals surface area contributed by atoms with Crippen LogP contribution in [0.25, 0.3) is 11.0 Å². The van der Waals surface area contributed by atoms with Gasteiger partial charge in [0.2, 0.25) is 0 Å². The zero-order chi connectivity index (χ0) is 19.8. The summed E-state index contributed by atoms with van der Waals surface area (Å²) in [6, 6.07) is 17.7. The van der Waals surface area contributed by atoms with Gasteiger partial charge < -0.3 is 4.98 Å². The zero-order valence-corrected chi connectivity index (χ0v) is 17.4. The first-order valence-electron chi connectivity index (χ1n) is 11.0. The summed E-state index contributed by atoms with van der Waals surface area (Å²) >= 11 is 0. The van der Waals surface area contributed by atoms with E-state index in [1.165, 1.54) is 54.5 Å². The van der Waals surface area contributed by atoms with Gasteiger partial charge in [0, 0.05) is 25.0 Å². The largest absolute Gasteiger partial charge is 0.342 e. The van der Waals surface area contributed by atoms with Gasteiger partial charge in [-0.2, -0.15) is 0 Å². The van der Waals surface area contributed by atoms with E-state index in [4.69, 9.17) is 4.98 Å². The third-order valence-electron chi connectivity index (χ3n) is 7.38. The molecule has 3 heteroatoms. The Morgan fingerprint density at radius 2 is 1.86 bits per heavy atom. The van der Waals surface area contributed by atoms with Crippen LogP contribution in [0, 0.1) is 18.8 Å². The minimum Gasteiger partial charge on any atom is -0.342 e. The molecule has 1 saturated carbocycles. The lowest BCUT2D eigenvalue weighted by molar-refractivity contribution is -0.00754. The van der Waals surface area contributed by atoms with E-state index >= 15 is 0 Å². The number of H-pyrrole nitrogens is 1. The zero-order valence-electron chi connectivity index (χ0n) is 17.4. The molecule has 3 nitrogen and oxygen atoms in total. The quantitative estimate of drug-likeness (QED) is 0.578. The Bertz CT molecular complexity index is 989. The van der Waals surface area contributed by atoms with E-state index < -0.39 is 0 Å². The minimum absolute atomic E-state index is 0.161. The first kappa shape index (κ1) is 18.6. The Morgan fingerprint density at radius 3 is 2.59 bits per heavy atom. The number of nitrogens with zero attached hydrogens (tertiary/aromatic N) is 2. The molecule has 0 radical (unpaired) electrons. The second-order valence-electron chi connectivity index (χ2n) is 9.06. The maximum Gasteiger partial charge on any atom is 0.104 e. The number of aryl methyl sites for hydroxylation is 1. The number of rotatable bonds is 5.